The molecule has 1 aromatic carbocycles. The first-order valence-electron chi connectivity index (χ1n) is 6.08. The van der Waals surface area contributed by atoms with Gasteiger partial charge in [0.25, 0.3) is 0 Å². The Kier molecular flexibility index (Phi) is 3.28. The molecule has 0 bridgehead atoms. The molecule has 0 radical (unpaired) electrons. The van der Waals surface area contributed by atoms with Crippen molar-refractivity contribution in [2.45, 2.75) is 25.8 Å². The summed E-state index contributed by atoms with van der Waals surface area (Å²) in [7, 11) is 1.41. The number of hydrogen-bond acceptors (Lipinski definition) is 3. The molecule has 0 aromatic heterocycles. The van der Waals surface area contributed by atoms with E-state index in [9.17, 15) is 9.18 Å². The number of carbonyl (C=O) groups excluding carboxylic acids is 1. The minimum absolute atomic E-state index is 0.175. The zero-order chi connectivity index (χ0) is 13.3. The maximum atomic E-state index is 13.3. The first kappa shape index (κ1) is 12.9. The molecular formula is C14H18FNO2. The summed E-state index contributed by atoms with van der Waals surface area (Å²) < 4.78 is 18.1. The lowest BCUT2D eigenvalue weighted by molar-refractivity contribution is -0.146. The normalized spacial score (nSPS) is 22.0. The van der Waals surface area contributed by atoms with Crippen LogP contribution < -0.4 is 4.90 Å². The second kappa shape index (κ2) is 4.59. The highest BCUT2D eigenvalue weighted by Crippen LogP contribution is 2.38. The topological polar surface area (TPSA) is 29.5 Å². The summed E-state index contributed by atoms with van der Waals surface area (Å²) in [6, 6.07) is 6.47. The standard InChI is InChI=1S/C14H18FNO2/c1-14(2)12(13(17)18-3)7-8-16(14)11-6-4-5-10(15)9-11/h4-6,9,12H,7-8H2,1-3H3. The summed E-state index contributed by atoms with van der Waals surface area (Å²) in [5.41, 5.74) is 0.451. The highest BCUT2D eigenvalue weighted by atomic mass is 19.1. The molecule has 1 aromatic rings. The molecule has 1 fully saturated rings. The van der Waals surface area contributed by atoms with E-state index in [4.69, 9.17) is 4.74 Å². The van der Waals surface area contributed by atoms with Gasteiger partial charge >= 0.3 is 5.97 Å². The van der Waals surface area contributed by atoms with Gasteiger partial charge in [0.15, 0.2) is 0 Å². The smallest absolute Gasteiger partial charge is 0.311 e. The van der Waals surface area contributed by atoms with E-state index in [1.165, 1.54) is 19.2 Å². The molecule has 18 heavy (non-hydrogen) atoms. The highest BCUT2D eigenvalue weighted by molar-refractivity contribution is 5.76. The quantitative estimate of drug-likeness (QED) is 0.757. The minimum atomic E-state index is -0.360. The molecule has 0 saturated carbocycles. The number of rotatable bonds is 2. The van der Waals surface area contributed by atoms with E-state index < -0.39 is 0 Å². The molecule has 0 amide bonds. The van der Waals surface area contributed by atoms with Crippen molar-refractivity contribution >= 4 is 11.7 Å². The summed E-state index contributed by atoms with van der Waals surface area (Å²) in [6.45, 7) is 4.72. The lowest BCUT2D eigenvalue weighted by Crippen LogP contribution is -2.45. The van der Waals surface area contributed by atoms with Gasteiger partial charge in [-0.3, -0.25) is 4.79 Å². The number of carbonyl (C=O) groups is 1. The third-order valence-electron chi connectivity index (χ3n) is 3.80. The number of benzene rings is 1. The highest BCUT2D eigenvalue weighted by Gasteiger charge is 2.45. The zero-order valence-electron chi connectivity index (χ0n) is 10.9. The second-order valence-corrected chi connectivity index (χ2v) is 5.15. The van der Waals surface area contributed by atoms with Crippen LogP contribution in [0.4, 0.5) is 10.1 Å². The van der Waals surface area contributed by atoms with Gasteiger partial charge < -0.3 is 9.64 Å². The summed E-state index contributed by atoms with van der Waals surface area (Å²) in [6.07, 6.45) is 0.732. The summed E-state index contributed by atoms with van der Waals surface area (Å²) in [5, 5.41) is 0. The first-order chi connectivity index (χ1) is 8.46. The molecule has 1 saturated heterocycles. The predicted molar refractivity (Wildman–Crippen MR) is 67.9 cm³/mol. The van der Waals surface area contributed by atoms with Crippen LogP contribution >= 0.6 is 0 Å². The lowest BCUT2D eigenvalue weighted by Gasteiger charge is -2.36. The van der Waals surface area contributed by atoms with Crippen LogP contribution in [0.5, 0.6) is 0 Å². The molecule has 4 heteroatoms. The number of halogens is 1. The van der Waals surface area contributed by atoms with E-state index in [1.807, 2.05) is 19.9 Å². The summed E-state index contributed by atoms with van der Waals surface area (Å²) in [5.74, 6) is -0.630. The molecule has 0 aliphatic carbocycles. The Morgan fingerprint density at radius 3 is 2.83 bits per heavy atom. The van der Waals surface area contributed by atoms with Gasteiger partial charge in [0.05, 0.1) is 13.0 Å². The van der Waals surface area contributed by atoms with Crippen molar-refractivity contribution in [3.05, 3.63) is 30.1 Å². The number of esters is 1. The third kappa shape index (κ3) is 2.07. The molecule has 1 aliphatic rings. The molecule has 3 nitrogen and oxygen atoms in total. The molecule has 2 rings (SSSR count). The van der Waals surface area contributed by atoms with Crippen LogP contribution in [0.25, 0.3) is 0 Å². The van der Waals surface area contributed by atoms with Gasteiger partial charge in [0, 0.05) is 17.8 Å². The average Bonchev–Trinajstić information content (AvgIpc) is 2.63. The van der Waals surface area contributed by atoms with E-state index >= 15 is 0 Å². The van der Waals surface area contributed by atoms with Crippen LogP contribution in [0.3, 0.4) is 0 Å². The van der Waals surface area contributed by atoms with E-state index in [0.29, 0.717) is 0 Å². The van der Waals surface area contributed by atoms with Gasteiger partial charge in [-0.1, -0.05) is 6.07 Å². The maximum absolute atomic E-state index is 13.3. The van der Waals surface area contributed by atoms with Crippen molar-refractivity contribution < 1.29 is 13.9 Å². The minimum Gasteiger partial charge on any atom is -0.469 e. The lowest BCUT2D eigenvalue weighted by atomic mass is 9.88. The number of hydrogen-bond donors (Lipinski definition) is 0. The van der Waals surface area contributed by atoms with Crippen LogP contribution in [-0.4, -0.2) is 25.2 Å². The first-order valence-corrected chi connectivity index (χ1v) is 6.08. The number of nitrogens with zero attached hydrogens (tertiary/aromatic N) is 1. The molecule has 98 valence electrons. The van der Waals surface area contributed by atoms with Crippen molar-refractivity contribution in [1.29, 1.82) is 0 Å². The van der Waals surface area contributed by atoms with E-state index in [2.05, 4.69) is 4.90 Å². The van der Waals surface area contributed by atoms with E-state index in [0.717, 1.165) is 18.7 Å². The summed E-state index contributed by atoms with van der Waals surface area (Å²) >= 11 is 0. The number of anilines is 1. The summed E-state index contributed by atoms with van der Waals surface area (Å²) in [4.78, 5) is 13.8. The Bertz CT molecular complexity index is 459. The number of ether oxygens (including phenoxy) is 1. The zero-order valence-corrected chi connectivity index (χ0v) is 10.9. The number of methoxy groups -OCH3 is 1. The van der Waals surface area contributed by atoms with Crippen molar-refractivity contribution in [2.75, 3.05) is 18.6 Å². The Balaban J connectivity index is 2.29. The van der Waals surface area contributed by atoms with Gasteiger partial charge in [0.2, 0.25) is 0 Å². The van der Waals surface area contributed by atoms with Gasteiger partial charge in [-0.05, 0) is 38.5 Å². The van der Waals surface area contributed by atoms with Crippen molar-refractivity contribution in [1.82, 2.24) is 0 Å². The molecule has 1 unspecified atom stereocenters. The van der Waals surface area contributed by atoms with Gasteiger partial charge in [-0.2, -0.15) is 0 Å². The van der Waals surface area contributed by atoms with Crippen molar-refractivity contribution in [3.8, 4) is 0 Å². The van der Waals surface area contributed by atoms with Crippen molar-refractivity contribution in [3.63, 3.8) is 0 Å². The van der Waals surface area contributed by atoms with Crippen LogP contribution in [0.2, 0.25) is 0 Å². The van der Waals surface area contributed by atoms with Crippen LogP contribution in [0.1, 0.15) is 20.3 Å². The predicted octanol–water partition coefficient (Wildman–Crippen LogP) is 2.60. The fourth-order valence-corrected chi connectivity index (χ4v) is 2.74. The molecule has 0 N–H and O–H groups in total. The average molecular weight is 251 g/mol. The molecule has 1 heterocycles. The van der Waals surface area contributed by atoms with E-state index in [1.54, 1.807) is 6.07 Å². The molecular weight excluding hydrogens is 233 g/mol. The van der Waals surface area contributed by atoms with E-state index in [-0.39, 0.29) is 23.2 Å². The van der Waals surface area contributed by atoms with Gasteiger partial charge in [0.1, 0.15) is 5.82 Å². The van der Waals surface area contributed by atoms with Gasteiger partial charge in [-0.25, -0.2) is 4.39 Å². The Hall–Kier alpha value is -1.58. The Morgan fingerprint density at radius 1 is 1.50 bits per heavy atom. The molecule has 0 spiro atoms. The van der Waals surface area contributed by atoms with Crippen LogP contribution in [0, 0.1) is 11.7 Å². The van der Waals surface area contributed by atoms with Gasteiger partial charge in [-0.15, -0.1) is 0 Å². The third-order valence-corrected chi connectivity index (χ3v) is 3.80. The Morgan fingerprint density at radius 2 is 2.22 bits per heavy atom. The molecule has 1 atom stereocenters. The SMILES string of the molecule is COC(=O)C1CCN(c2cccc(F)c2)C1(C)C. The van der Waals surface area contributed by atoms with Crippen LogP contribution in [0.15, 0.2) is 24.3 Å². The second-order valence-electron chi connectivity index (χ2n) is 5.15. The monoisotopic (exact) mass is 251 g/mol. The Labute approximate surface area is 107 Å². The van der Waals surface area contributed by atoms with Crippen molar-refractivity contribution in [2.24, 2.45) is 5.92 Å². The fourth-order valence-electron chi connectivity index (χ4n) is 2.74. The van der Waals surface area contributed by atoms with Crippen LogP contribution in [-0.2, 0) is 9.53 Å². The molecule has 1 aliphatic heterocycles. The maximum Gasteiger partial charge on any atom is 0.311 e. The fraction of sp³-hybridized carbons (Fsp3) is 0.500. The largest absolute Gasteiger partial charge is 0.469 e.